The SMILES string of the molecule is CC1CCN(CC(O)COCCC23CC4CC(CC(C4)C2)C3)CC1.Cl. The summed E-state index contributed by atoms with van der Waals surface area (Å²) < 4.78 is 5.92. The van der Waals surface area contributed by atoms with Crippen molar-refractivity contribution in [3.63, 3.8) is 0 Å². The molecule has 0 amide bonds. The van der Waals surface area contributed by atoms with Gasteiger partial charge >= 0.3 is 0 Å². The molecule has 1 N–H and O–H groups in total. The normalized spacial score (nSPS) is 39.4. The minimum absolute atomic E-state index is 0. The summed E-state index contributed by atoms with van der Waals surface area (Å²) >= 11 is 0. The van der Waals surface area contributed by atoms with E-state index in [0.29, 0.717) is 12.0 Å². The van der Waals surface area contributed by atoms with E-state index in [1.54, 1.807) is 0 Å². The lowest BCUT2D eigenvalue weighted by atomic mass is 9.49. The van der Waals surface area contributed by atoms with Gasteiger partial charge in [-0.2, -0.15) is 0 Å². The highest BCUT2D eigenvalue weighted by Crippen LogP contribution is 2.61. The highest BCUT2D eigenvalue weighted by Gasteiger charge is 2.50. The van der Waals surface area contributed by atoms with Crippen LogP contribution in [-0.4, -0.2) is 49.0 Å². The Morgan fingerprint density at radius 2 is 1.60 bits per heavy atom. The van der Waals surface area contributed by atoms with Crippen LogP contribution in [0, 0.1) is 29.1 Å². The smallest absolute Gasteiger partial charge is 0.0900 e. The number of hydrogen-bond acceptors (Lipinski definition) is 3. The molecule has 4 heteroatoms. The van der Waals surface area contributed by atoms with Gasteiger partial charge in [0.2, 0.25) is 0 Å². The van der Waals surface area contributed by atoms with E-state index < -0.39 is 0 Å². The summed E-state index contributed by atoms with van der Waals surface area (Å²) in [7, 11) is 0. The Morgan fingerprint density at radius 1 is 1.04 bits per heavy atom. The molecule has 0 aromatic rings. The molecule has 1 saturated heterocycles. The molecule has 5 aliphatic rings. The van der Waals surface area contributed by atoms with E-state index in [0.717, 1.165) is 49.9 Å². The van der Waals surface area contributed by atoms with Gasteiger partial charge in [-0.25, -0.2) is 0 Å². The maximum Gasteiger partial charge on any atom is 0.0900 e. The molecule has 0 radical (unpaired) electrons. The van der Waals surface area contributed by atoms with Crippen LogP contribution in [0.3, 0.4) is 0 Å². The second-order valence-corrected chi connectivity index (χ2v) is 9.88. The van der Waals surface area contributed by atoms with Crippen LogP contribution < -0.4 is 0 Å². The third-order valence-corrected chi connectivity index (χ3v) is 7.60. The van der Waals surface area contributed by atoms with Gasteiger partial charge in [-0.05, 0) is 100.0 Å². The molecule has 0 aromatic carbocycles. The van der Waals surface area contributed by atoms with Gasteiger partial charge in [0.1, 0.15) is 0 Å². The Hall–Kier alpha value is 0.170. The van der Waals surface area contributed by atoms with Gasteiger partial charge in [-0.1, -0.05) is 6.92 Å². The van der Waals surface area contributed by atoms with Gasteiger partial charge in [0.25, 0.3) is 0 Å². The largest absolute Gasteiger partial charge is 0.389 e. The van der Waals surface area contributed by atoms with Crippen molar-refractivity contribution in [1.29, 1.82) is 0 Å². The summed E-state index contributed by atoms with van der Waals surface area (Å²) in [6, 6.07) is 0. The Kier molecular flexibility index (Phi) is 6.74. The summed E-state index contributed by atoms with van der Waals surface area (Å²) in [6.45, 7) is 6.81. The molecule has 25 heavy (non-hydrogen) atoms. The molecule has 5 fully saturated rings. The highest BCUT2D eigenvalue weighted by molar-refractivity contribution is 5.85. The number of aliphatic hydroxyl groups excluding tert-OH is 1. The minimum atomic E-state index is -0.310. The van der Waals surface area contributed by atoms with Gasteiger partial charge in [-0.3, -0.25) is 0 Å². The lowest BCUT2D eigenvalue weighted by Crippen LogP contribution is -2.46. The first kappa shape index (κ1) is 19.9. The monoisotopic (exact) mass is 371 g/mol. The van der Waals surface area contributed by atoms with Crippen molar-refractivity contribution in [3.8, 4) is 0 Å². The number of ether oxygens (including phenoxy) is 1. The summed E-state index contributed by atoms with van der Waals surface area (Å²) in [4.78, 5) is 2.41. The molecule has 4 bridgehead atoms. The van der Waals surface area contributed by atoms with E-state index in [2.05, 4.69) is 11.8 Å². The third-order valence-electron chi connectivity index (χ3n) is 7.60. The molecular weight excluding hydrogens is 334 g/mol. The van der Waals surface area contributed by atoms with Crippen LogP contribution in [-0.2, 0) is 4.74 Å². The molecule has 0 aromatic heterocycles. The van der Waals surface area contributed by atoms with Crippen molar-refractivity contribution in [1.82, 2.24) is 4.90 Å². The van der Waals surface area contributed by atoms with Gasteiger partial charge in [0.05, 0.1) is 12.7 Å². The fourth-order valence-electron chi connectivity index (χ4n) is 6.70. The molecule has 1 heterocycles. The topological polar surface area (TPSA) is 32.7 Å². The fourth-order valence-corrected chi connectivity index (χ4v) is 6.70. The maximum absolute atomic E-state index is 10.3. The van der Waals surface area contributed by atoms with Crippen molar-refractivity contribution < 1.29 is 9.84 Å². The van der Waals surface area contributed by atoms with E-state index in [9.17, 15) is 5.11 Å². The van der Waals surface area contributed by atoms with Gasteiger partial charge in [0.15, 0.2) is 0 Å². The fraction of sp³-hybridized carbons (Fsp3) is 1.00. The Bertz CT molecular complexity index is 387. The number of hydrogen-bond donors (Lipinski definition) is 1. The molecule has 1 aliphatic heterocycles. The van der Waals surface area contributed by atoms with Crippen molar-refractivity contribution in [2.75, 3.05) is 32.8 Å². The zero-order valence-corrected chi connectivity index (χ0v) is 16.8. The first-order valence-electron chi connectivity index (χ1n) is 10.6. The minimum Gasteiger partial charge on any atom is -0.389 e. The second-order valence-electron chi connectivity index (χ2n) is 9.88. The quantitative estimate of drug-likeness (QED) is 0.683. The van der Waals surface area contributed by atoms with E-state index in [1.165, 1.54) is 57.8 Å². The molecule has 1 unspecified atom stereocenters. The van der Waals surface area contributed by atoms with Gasteiger partial charge in [-0.15, -0.1) is 12.4 Å². The first-order chi connectivity index (χ1) is 11.6. The molecule has 1 atom stereocenters. The van der Waals surface area contributed by atoms with Crippen LogP contribution in [0.4, 0.5) is 0 Å². The Labute approximate surface area is 160 Å². The van der Waals surface area contributed by atoms with Gasteiger partial charge < -0.3 is 14.7 Å². The number of nitrogens with zero attached hydrogens (tertiary/aromatic N) is 1. The number of β-amino-alcohol motifs (C(OH)–C–C–N with tert-alkyl or cyclic N) is 1. The van der Waals surface area contributed by atoms with Crippen molar-refractivity contribution in [2.45, 2.75) is 70.8 Å². The summed E-state index contributed by atoms with van der Waals surface area (Å²) in [5.74, 6) is 3.95. The predicted molar refractivity (Wildman–Crippen MR) is 104 cm³/mol. The first-order valence-corrected chi connectivity index (χ1v) is 10.6. The van der Waals surface area contributed by atoms with Crippen molar-refractivity contribution in [3.05, 3.63) is 0 Å². The lowest BCUT2D eigenvalue weighted by Gasteiger charge is -2.57. The summed E-state index contributed by atoms with van der Waals surface area (Å²) in [5, 5.41) is 10.3. The molecule has 0 spiro atoms. The standard InChI is InChI=1S/C21H37NO2.ClH/c1-16-2-5-22(6-3-16)14-20(23)15-24-7-4-21-11-17-8-18(12-21)10-19(9-17)13-21;/h16-20,23H,2-15H2,1H3;1H. The molecule has 4 saturated carbocycles. The van der Waals surface area contributed by atoms with E-state index in [1.807, 2.05) is 0 Å². The number of halogens is 1. The van der Waals surface area contributed by atoms with Crippen LogP contribution >= 0.6 is 12.4 Å². The molecule has 146 valence electrons. The maximum atomic E-state index is 10.3. The molecule has 5 rings (SSSR count). The van der Waals surface area contributed by atoms with E-state index >= 15 is 0 Å². The van der Waals surface area contributed by atoms with Crippen LogP contribution in [0.25, 0.3) is 0 Å². The highest BCUT2D eigenvalue weighted by atomic mass is 35.5. The third kappa shape index (κ3) is 4.91. The second kappa shape index (κ2) is 8.46. The van der Waals surface area contributed by atoms with Gasteiger partial charge in [0, 0.05) is 13.2 Å². The van der Waals surface area contributed by atoms with E-state index in [-0.39, 0.29) is 18.5 Å². The van der Waals surface area contributed by atoms with Crippen LogP contribution in [0.15, 0.2) is 0 Å². The number of aliphatic hydroxyl groups is 1. The van der Waals surface area contributed by atoms with Crippen molar-refractivity contribution in [2.24, 2.45) is 29.1 Å². The molecular formula is C21H38ClNO2. The van der Waals surface area contributed by atoms with Crippen molar-refractivity contribution >= 4 is 12.4 Å². The Morgan fingerprint density at radius 3 is 2.16 bits per heavy atom. The van der Waals surface area contributed by atoms with Crippen LogP contribution in [0.2, 0.25) is 0 Å². The zero-order valence-electron chi connectivity index (χ0n) is 16.0. The number of likely N-dealkylation sites (tertiary alicyclic amines) is 1. The number of rotatable bonds is 7. The zero-order chi connectivity index (χ0) is 16.6. The van der Waals surface area contributed by atoms with E-state index in [4.69, 9.17) is 4.74 Å². The lowest BCUT2D eigenvalue weighted by molar-refractivity contribution is -0.0743. The molecule has 3 nitrogen and oxygen atoms in total. The average Bonchev–Trinajstić information content (AvgIpc) is 2.53. The summed E-state index contributed by atoms with van der Waals surface area (Å²) in [5.41, 5.74) is 0.614. The average molecular weight is 372 g/mol. The summed E-state index contributed by atoms with van der Waals surface area (Å²) in [6.07, 6.45) is 12.5. The van der Waals surface area contributed by atoms with Crippen LogP contribution in [0.5, 0.6) is 0 Å². The Balaban J connectivity index is 0.00000182. The molecule has 4 aliphatic carbocycles. The predicted octanol–water partition coefficient (Wildman–Crippen LogP) is 4.12. The number of piperidine rings is 1. The van der Waals surface area contributed by atoms with Crippen LogP contribution in [0.1, 0.15) is 64.7 Å².